The number of pyridine rings is 1. The molecule has 0 spiro atoms. The van der Waals surface area contributed by atoms with Gasteiger partial charge in [-0.2, -0.15) is 0 Å². The number of nitrogens with one attached hydrogen (secondary N) is 3. The summed E-state index contributed by atoms with van der Waals surface area (Å²) in [5.41, 5.74) is 1.60. The van der Waals surface area contributed by atoms with Gasteiger partial charge < -0.3 is 30.3 Å². The van der Waals surface area contributed by atoms with E-state index in [0.29, 0.717) is 48.4 Å². The molecule has 1 aliphatic rings. The SMILES string of the molecule is CCCN(CCNC)CCC(=O)Nc1cc(Nc2cc(-c3cc(Cl)ccc3F)nnc2OC2CCOC2)ccn1. The molecule has 1 saturated heterocycles. The molecule has 1 amide bonds. The van der Waals surface area contributed by atoms with Crippen LogP contribution in [0.3, 0.4) is 0 Å². The van der Waals surface area contributed by atoms with Crippen molar-refractivity contribution >= 4 is 34.7 Å². The van der Waals surface area contributed by atoms with Crippen LogP contribution in [0.15, 0.2) is 42.6 Å². The molecule has 40 heavy (non-hydrogen) atoms. The molecule has 1 aliphatic heterocycles. The number of benzene rings is 1. The molecule has 3 aromatic rings. The standard InChI is InChI=1S/C28H35ClFN7O3/c1-3-11-37(13-10-31-2)12-7-27(38)34-26-16-20(6-9-32-26)33-25-17-24(22-15-19(29)4-5-23(22)30)35-36-28(25)40-21-8-14-39-18-21/h4-6,9,15-17,21,31H,3,7-8,10-14,18H2,1-2H3,(H2,32,33,34,35,38). The summed E-state index contributed by atoms with van der Waals surface area (Å²) in [6.45, 7) is 6.52. The van der Waals surface area contributed by atoms with Crippen LogP contribution in [0.2, 0.25) is 5.02 Å². The van der Waals surface area contributed by atoms with Gasteiger partial charge in [0.25, 0.3) is 5.88 Å². The van der Waals surface area contributed by atoms with Crippen LogP contribution < -0.4 is 20.7 Å². The van der Waals surface area contributed by atoms with Crippen molar-refractivity contribution < 1.29 is 18.7 Å². The van der Waals surface area contributed by atoms with Crippen molar-refractivity contribution in [3.8, 4) is 17.1 Å². The Morgan fingerprint density at radius 1 is 1.20 bits per heavy atom. The summed E-state index contributed by atoms with van der Waals surface area (Å²) in [6.07, 6.45) is 3.52. The number of nitrogens with zero attached hydrogens (tertiary/aromatic N) is 4. The molecule has 1 aromatic carbocycles. The molecule has 3 heterocycles. The van der Waals surface area contributed by atoms with E-state index >= 15 is 0 Å². The van der Waals surface area contributed by atoms with E-state index in [2.05, 4.69) is 43.0 Å². The number of aromatic nitrogens is 3. The van der Waals surface area contributed by atoms with Gasteiger partial charge in [-0.15, -0.1) is 10.2 Å². The normalized spacial score (nSPS) is 14.9. The van der Waals surface area contributed by atoms with Crippen molar-refractivity contribution in [3.63, 3.8) is 0 Å². The first kappa shape index (κ1) is 29.6. The van der Waals surface area contributed by atoms with E-state index < -0.39 is 5.82 Å². The zero-order valence-corrected chi connectivity index (χ0v) is 23.5. The van der Waals surface area contributed by atoms with Crippen LogP contribution in [0.1, 0.15) is 26.2 Å². The van der Waals surface area contributed by atoms with Gasteiger partial charge in [-0.25, -0.2) is 9.37 Å². The molecule has 2 aromatic heterocycles. The minimum Gasteiger partial charge on any atom is -0.469 e. The molecule has 0 bridgehead atoms. The van der Waals surface area contributed by atoms with Crippen LogP contribution in [0.4, 0.5) is 21.6 Å². The van der Waals surface area contributed by atoms with Crippen LogP contribution >= 0.6 is 11.6 Å². The molecule has 3 N–H and O–H groups in total. The first-order valence-corrected chi connectivity index (χ1v) is 13.8. The zero-order chi connectivity index (χ0) is 28.3. The van der Waals surface area contributed by atoms with Crippen LogP contribution in [0.5, 0.6) is 5.88 Å². The lowest BCUT2D eigenvalue weighted by Gasteiger charge is -2.21. The van der Waals surface area contributed by atoms with E-state index in [0.717, 1.165) is 32.5 Å². The lowest BCUT2D eigenvalue weighted by Crippen LogP contribution is -2.34. The largest absolute Gasteiger partial charge is 0.469 e. The summed E-state index contributed by atoms with van der Waals surface area (Å²) in [4.78, 5) is 19.2. The maximum atomic E-state index is 14.6. The zero-order valence-electron chi connectivity index (χ0n) is 22.8. The molecular weight excluding hydrogens is 537 g/mol. The van der Waals surface area contributed by atoms with Crippen LogP contribution in [0, 0.1) is 5.82 Å². The van der Waals surface area contributed by atoms with Crippen LogP contribution in [-0.4, -0.2) is 78.5 Å². The second-order valence-corrected chi connectivity index (χ2v) is 9.91. The van der Waals surface area contributed by atoms with Gasteiger partial charge in [-0.3, -0.25) is 4.79 Å². The van der Waals surface area contributed by atoms with Gasteiger partial charge in [0.15, 0.2) is 0 Å². The first-order chi connectivity index (χ1) is 19.4. The van der Waals surface area contributed by atoms with Gasteiger partial charge in [0.05, 0.1) is 18.9 Å². The molecule has 1 atom stereocenters. The summed E-state index contributed by atoms with van der Waals surface area (Å²) in [6, 6.07) is 9.37. The molecule has 10 nitrogen and oxygen atoms in total. The predicted octanol–water partition coefficient (Wildman–Crippen LogP) is 4.50. The molecule has 1 fully saturated rings. The van der Waals surface area contributed by atoms with Crippen molar-refractivity contribution in [2.45, 2.75) is 32.3 Å². The van der Waals surface area contributed by atoms with Crippen molar-refractivity contribution in [2.75, 3.05) is 57.1 Å². The Hall–Kier alpha value is -3.38. The number of amides is 1. The van der Waals surface area contributed by atoms with Crippen molar-refractivity contribution in [1.29, 1.82) is 0 Å². The maximum absolute atomic E-state index is 14.6. The average molecular weight is 572 g/mol. The van der Waals surface area contributed by atoms with Gasteiger partial charge in [0.2, 0.25) is 5.91 Å². The molecule has 4 rings (SSSR count). The third-order valence-electron chi connectivity index (χ3n) is 6.31. The molecule has 12 heteroatoms. The fraction of sp³-hybridized carbons (Fsp3) is 0.429. The van der Waals surface area contributed by atoms with Gasteiger partial charge in [-0.1, -0.05) is 18.5 Å². The lowest BCUT2D eigenvalue weighted by molar-refractivity contribution is -0.116. The van der Waals surface area contributed by atoms with Gasteiger partial charge >= 0.3 is 0 Å². The van der Waals surface area contributed by atoms with Gasteiger partial charge in [-0.05, 0) is 50.3 Å². The van der Waals surface area contributed by atoms with Crippen molar-refractivity contribution in [2.24, 2.45) is 0 Å². The Morgan fingerprint density at radius 2 is 2.08 bits per heavy atom. The van der Waals surface area contributed by atoms with Crippen molar-refractivity contribution in [1.82, 2.24) is 25.4 Å². The Labute approximate surface area is 238 Å². The number of ether oxygens (including phenoxy) is 2. The number of rotatable bonds is 14. The molecule has 1 unspecified atom stereocenters. The number of hydrogen-bond acceptors (Lipinski definition) is 9. The minimum absolute atomic E-state index is 0.121. The fourth-order valence-corrected chi connectivity index (χ4v) is 4.44. The summed E-state index contributed by atoms with van der Waals surface area (Å²) in [7, 11) is 1.92. The Kier molecular flexibility index (Phi) is 11.0. The second-order valence-electron chi connectivity index (χ2n) is 9.47. The Morgan fingerprint density at radius 3 is 2.85 bits per heavy atom. The smallest absolute Gasteiger partial charge is 0.257 e. The third-order valence-corrected chi connectivity index (χ3v) is 6.55. The number of carbonyl (C=O) groups is 1. The fourth-order valence-electron chi connectivity index (χ4n) is 4.26. The molecule has 0 radical (unpaired) electrons. The number of hydrogen-bond donors (Lipinski definition) is 3. The van der Waals surface area contributed by atoms with E-state index in [4.69, 9.17) is 21.1 Å². The van der Waals surface area contributed by atoms with E-state index in [-0.39, 0.29) is 29.1 Å². The third kappa shape index (κ3) is 8.56. The number of likely N-dealkylation sites (N-methyl/N-ethyl adjacent to an activating group) is 1. The monoisotopic (exact) mass is 571 g/mol. The minimum atomic E-state index is -0.472. The van der Waals surface area contributed by atoms with E-state index in [9.17, 15) is 9.18 Å². The Balaban J connectivity index is 1.50. The predicted molar refractivity (Wildman–Crippen MR) is 154 cm³/mol. The van der Waals surface area contributed by atoms with Crippen LogP contribution in [0.25, 0.3) is 11.3 Å². The molecule has 0 saturated carbocycles. The van der Waals surface area contributed by atoms with Gasteiger partial charge in [0, 0.05) is 61.0 Å². The lowest BCUT2D eigenvalue weighted by atomic mass is 10.1. The Bertz CT molecular complexity index is 1280. The van der Waals surface area contributed by atoms with Crippen LogP contribution in [-0.2, 0) is 9.53 Å². The highest BCUT2D eigenvalue weighted by atomic mass is 35.5. The molecular formula is C28H35ClFN7O3. The van der Waals surface area contributed by atoms with Crippen molar-refractivity contribution in [3.05, 3.63) is 53.4 Å². The molecule has 214 valence electrons. The number of carbonyl (C=O) groups excluding carboxylic acids is 1. The topological polar surface area (TPSA) is 114 Å². The quantitative estimate of drug-likeness (QED) is 0.257. The van der Waals surface area contributed by atoms with E-state index in [1.165, 1.54) is 18.2 Å². The number of halogens is 2. The highest BCUT2D eigenvalue weighted by molar-refractivity contribution is 6.30. The number of anilines is 3. The summed E-state index contributed by atoms with van der Waals surface area (Å²) < 4.78 is 26.0. The van der Waals surface area contributed by atoms with E-state index in [1.807, 2.05) is 7.05 Å². The van der Waals surface area contributed by atoms with E-state index in [1.54, 1.807) is 24.4 Å². The summed E-state index contributed by atoms with van der Waals surface area (Å²) >= 11 is 6.10. The van der Waals surface area contributed by atoms with Gasteiger partial charge in [0.1, 0.15) is 23.4 Å². The first-order valence-electron chi connectivity index (χ1n) is 13.4. The molecule has 0 aliphatic carbocycles. The summed E-state index contributed by atoms with van der Waals surface area (Å²) in [5, 5.41) is 18.1. The summed E-state index contributed by atoms with van der Waals surface area (Å²) in [5.74, 6) is 0.0633. The average Bonchev–Trinajstić information content (AvgIpc) is 3.46. The highest BCUT2D eigenvalue weighted by Crippen LogP contribution is 2.33. The maximum Gasteiger partial charge on any atom is 0.257 e. The highest BCUT2D eigenvalue weighted by Gasteiger charge is 2.21. The second kappa shape index (κ2) is 14.8.